The fourth-order valence-electron chi connectivity index (χ4n) is 4.09. The molecule has 0 unspecified atom stereocenters. The summed E-state index contributed by atoms with van der Waals surface area (Å²) in [5.41, 5.74) is 0.663. The Kier molecular flexibility index (Phi) is 9.38. The maximum atomic E-state index is 14.1. The van der Waals surface area contributed by atoms with Crippen LogP contribution in [0.1, 0.15) is 37.1 Å². The van der Waals surface area contributed by atoms with Crippen LogP contribution in [0.2, 0.25) is 5.02 Å². The standard InChI is InChI=1S/C23H24ClFN4O3.C2HF3O2/c1-14-12-20(29-28-14)27-19-7-2-4-15(26-19)13-23(22(30)31)10-8-16(9-11-23)32-18-6-3-5-17(24)21(18)25;3-2(4,5)1(6)7/h2-7,12,16H,8-11,13H2,1H3,(H,30,31)(H2,26,27,28,29);(H,6,7). The molecular formula is C25H25ClF4N4O5. The van der Waals surface area contributed by atoms with Gasteiger partial charge in [-0.25, -0.2) is 14.2 Å². The molecule has 0 radical (unpaired) electrons. The zero-order valence-electron chi connectivity index (χ0n) is 20.6. The molecule has 0 spiro atoms. The number of halogens is 5. The number of aromatic amines is 1. The number of rotatable bonds is 7. The van der Waals surface area contributed by atoms with Crippen molar-refractivity contribution >= 4 is 35.2 Å². The number of benzene rings is 1. The number of nitrogens with zero attached hydrogens (tertiary/aromatic N) is 2. The number of pyridine rings is 1. The highest BCUT2D eigenvalue weighted by Gasteiger charge is 2.43. The van der Waals surface area contributed by atoms with Crippen LogP contribution in [0, 0.1) is 18.2 Å². The van der Waals surface area contributed by atoms with Gasteiger partial charge in [0.2, 0.25) is 0 Å². The van der Waals surface area contributed by atoms with Gasteiger partial charge in [0, 0.05) is 23.9 Å². The maximum Gasteiger partial charge on any atom is 0.490 e. The summed E-state index contributed by atoms with van der Waals surface area (Å²) >= 11 is 5.82. The van der Waals surface area contributed by atoms with E-state index >= 15 is 0 Å². The normalized spacial score (nSPS) is 19.0. The number of hydrogen-bond acceptors (Lipinski definition) is 6. The molecule has 39 heavy (non-hydrogen) atoms. The highest BCUT2D eigenvalue weighted by atomic mass is 35.5. The number of aromatic nitrogens is 3. The highest BCUT2D eigenvalue weighted by molar-refractivity contribution is 6.30. The van der Waals surface area contributed by atoms with Gasteiger partial charge >= 0.3 is 18.1 Å². The van der Waals surface area contributed by atoms with Crippen molar-refractivity contribution in [2.45, 2.75) is 51.3 Å². The number of aryl methyl sites for hydroxylation is 1. The highest BCUT2D eigenvalue weighted by Crippen LogP contribution is 2.41. The number of ether oxygens (including phenoxy) is 1. The molecule has 4 N–H and O–H groups in total. The molecule has 2 heterocycles. The summed E-state index contributed by atoms with van der Waals surface area (Å²) in [6, 6.07) is 12.0. The van der Waals surface area contributed by atoms with Gasteiger partial charge in [0.1, 0.15) is 5.82 Å². The molecule has 0 saturated heterocycles. The van der Waals surface area contributed by atoms with Gasteiger partial charge < -0.3 is 20.3 Å². The summed E-state index contributed by atoms with van der Waals surface area (Å²) in [6.07, 6.45) is -3.22. The fraction of sp³-hybridized carbons (Fsp3) is 0.360. The second-order valence-corrected chi connectivity index (χ2v) is 9.42. The summed E-state index contributed by atoms with van der Waals surface area (Å²) in [4.78, 5) is 25.7. The molecular weight excluding hydrogens is 548 g/mol. The molecule has 0 bridgehead atoms. The Morgan fingerprint density at radius 1 is 1.15 bits per heavy atom. The summed E-state index contributed by atoms with van der Waals surface area (Å²) in [5, 5.41) is 27.3. The van der Waals surface area contributed by atoms with Crippen LogP contribution < -0.4 is 10.1 Å². The molecule has 3 aromatic rings. The predicted molar refractivity (Wildman–Crippen MR) is 133 cm³/mol. The van der Waals surface area contributed by atoms with Crippen LogP contribution in [0.3, 0.4) is 0 Å². The van der Waals surface area contributed by atoms with Gasteiger partial charge in [0.25, 0.3) is 0 Å². The van der Waals surface area contributed by atoms with E-state index in [1.807, 2.05) is 31.2 Å². The number of alkyl halides is 3. The molecule has 0 atom stereocenters. The van der Waals surface area contributed by atoms with Gasteiger partial charge in [0.15, 0.2) is 17.4 Å². The van der Waals surface area contributed by atoms with Crippen molar-refractivity contribution in [1.29, 1.82) is 0 Å². The zero-order chi connectivity index (χ0) is 28.8. The minimum absolute atomic E-state index is 0.00255. The molecule has 4 rings (SSSR count). The number of carbonyl (C=O) groups is 2. The quantitative estimate of drug-likeness (QED) is 0.256. The van der Waals surface area contributed by atoms with E-state index < -0.39 is 29.3 Å². The average molecular weight is 573 g/mol. The molecule has 1 saturated carbocycles. The van der Waals surface area contributed by atoms with Crippen LogP contribution in [0.4, 0.5) is 29.2 Å². The number of anilines is 2. The molecule has 1 aliphatic carbocycles. The van der Waals surface area contributed by atoms with E-state index in [-0.39, 0.29) is 16.9 Å². The first kappa shape index (κ1) is 29.7. The van der Waals surface area contributed by atoms with E-state index in [0.29, 0.717) is 49.4 Å². The maximum absolute atomic E-state index is 14.1. The lowest BCUT2D eigenvalue weighted by atomic mass is 9.70. The molecule has 0 amide bonds. The van der Waals surface area contributed by atoms with Crippen molar-refractivity contribution in [3.8, 4) is 5.75 Å². The lowest BCUT2D eigenvalue weighted by Crippen LogP contribution is -2.40. The first-order chi connectivity index (χ1) is 18.3. The Morgan fingerprint density at radius 2 is 1.79 bits per heavy atom. The van der Waals surface area contributed by atoms with Crippen LogP contribution in [-0.4, -0.2) is 49.6 Å². The van der Waals surface area contributed by atoms with Crippen molar-refractivity contribution in [3.63, 3.8) is 0 Å². The van der Waals surface area contributed by atoms with Crippen molar-refractivity contribution in [2.75, 3.05) is 5.32 Å². The van der Waals surface area contributed by atoms with Gasteiger partial charge in [-0.3, -0.25) is 9.89 Å². The second-order valence-electron chi connectivity index (χ2n) is 9.01. The number of carboxylic acids is 2. The molecule has 9 nitrogen and oxygen atoms in total. The summed E-state index contributed by atoms with van der Waals surface area (Å²) in [7, 11) is 0. The third kappa shape index (κ3) is 8.06. The smallest absolute Gasteiger partial charge is 0.487 e. The molecule has 2 aromatic heterocycles. The Balaban J connectivity index is 0.000000532. The van der Waals surface area contributed by atoms with Crippen LogP contribution in [-0.2, 0) is 16.0 Å². The molecule has 0 aliphatic heterocycles. The van der Waals surface area contributed by atoms with E-state index in [2.05, 4.69) is 20.5 Å². The summed E-state index contributed by atoms with van der Waals surface area (Å²) in [5.74, 6) is -2.86. The lowest BCUT2D eigenvalue weighted by molar-refractivity contribution is -0.192. The van der Waals surface area contributed by atoms with Gasteiger partial charge in [-0.1, -0.05) is 23.7 Å². The van der Waals surface area contributed by atoms with Gasteiger partial charge in [-0.2, -0.15) is 18.3 Å². The van der Waals surface area contributed by atoms with Gasteiger partial charge in [-0.05, 0) is 56.9 Å². The number of nitrogens with one attached hydrogen (secondary N) is 2. The Hall–Kier alpha value is -3.87. The third-order valence-electron chi connectivity index (χ3n) is 6.08. The third-order valence-corrected chi connectivity index (χ3v) is 6.38. The van der Waals surface area contributed by atoms with Crippen molar-refractivity contribution in [3.05, 3.63) is 64.7 Å². The van der Waals surface area contributed by atoms with Gasteiger partial charge in [-0.15, -0.1) is 0 Å². The molecule has 14 heteroatoms. The van der Waals surface area contributed by atoms with Crippen LogP contribution in [0.5, 0.6) is 5.75 Å². The number of carboxylic acid groups (broad SMARTS) is 2. The molecule has 210 valence electrons. The molecule has 1 aromatic carbocycles. The SMILES string of the molecule is Cc1cc(Nc2cccc(CC3(C(=O)O)CCC(Oc4cccc(Cl)c4F)CC3)n2)n[nH]1.O=C(O)C(F)(F)F. The molecule has 1 aliphatic rings. The Labute approximate surface area is 225 Å². The minimum atomic E-state index is -5.08. The zero-order valence-corrected chi connectivity index (χ0v) is 21.3. The van der Waals surface area contributed by atoms with Crippen LogP contribution in [0.25, 0.3) is 0 Å². The average Bonchev–Trinajstić information content (AvgIpc) is 3.27. The van der Waals surface area contributed by atoms with Crippen LogP contribution in [0.15, 0.2) is 42.5 Å². The summed E-state index contributed by atoms with van der Waals surface area (Å²) in [6.45, 7) is 1.90. The van der Waals surface area contributed by atoms with E-state index in [4.69, 9.17) is 26.2 Å². The van der Waals surface area contributed by atoms with Crippen molar-refractivity contribution in [2.24, 2.45) is 5.41 Å². The lowest BCUT2D eigenvalue weighted by Gasteiger charge is -2.36. The number of H-pyrrole nitrogens is 1. The van der Waals surface area contributed by atoms with Crippen LogP contribution >= 0.6 is 11.6 Å². The Morgan fingerprint density at radius 3 is 2.36 bits per heavy atom. The number of aliphatic carboxylic acids is 2. The number of hydrogen-bond donors (Lipinski definition) is 4. The van der Waals surface area contributed by atoms with E-state index in [1.54, 1.807) is 6.07 Å². The van der Waals surface area contributed by atoms with E-state index in [9.17, 15) is 27.5 Å². The first-order valence-electron chi connectivity index (χ1n) is 11.7. The minimum Gasteiger partial charge on any atom is -0.487 e. The Bertz CT molecular complexity index is 1310. The predicted octanol–water partition coefficient (Wildman–Crippen LogP) is 5.92. The summed E-state index contributed by atoms with van der Waals surface area (Å²) < 4.78 is 51.7. The van der Waals surface area contributed by atoms with Crippen molar-refractivity contribution in [1.82, 2.24) is 15.2 Å². The van der Waals surface area contributed by atoms with E-state index in [1.165, 1.54) is 12.1 Å². The topological polar surface area (TPSA) is 137 Å². The molecule has 1 fully saturated rings. The van der Waals surface area contributed by atoms with E-state index in [0.717, 1.165) is 5.69 Å². The van der Waals surface area contributed by atoms with Gasteiger partial charge in [0.05, 0.1) is 16.5 Å². The largest absolute Gasteiger partial charge is 0.490 e. The van der Waals surface area contributed by atoms with Crippen molar-refractivity contribution < 1.29 is 42.1 Å². The monoisotopic (exact) mass is 572 g/mol. The fourth-order valence-corrected chi connectivity index (χ4v) is 4.26. The first-order valence-corrected chi connectivity index (χ1v) is 12.1. The second kappa shape index (κ2) is 12.3.